The third kappa shape index (κ3) is 2.62. The molecule has 3 heteroatoms. The van der Waals surface area contributed by atoms with Gasteiger partial charge in [0, 0.05) is 6.04 Å². The Kier molecular flexibility index (Phi) is 3.74. The van der Waals surface area contributed by atoms with Gasteiger partial charge in [-0.2, -0.15) is 0 Å². The molecule has 0 aliphatic heterocycles. The van der Waals surface area contributed by atoms with E-state index in [0.29, 0.717) is 11.7 Å². The monoisotopic (exact) mass is 196 g/mol. The van der Waals surface area contributed by atoms with Crippen molar-refractivity contribution in [1.29, 1.82) is 0 Å². The van der Waals surface area contributed by atoms with Crippen LogP contribution in [-0.4, -0.2) is 6.04 Å². The molecule has 0 unspecified atom stereocenters. The van der Waals surface area contributed by atoms with Crippen molar-refractivity contribution in [3.63, 3.8) is 0 Å². The molecule has 0 saturated carbocycles. The van der Waals surface area contributed by atoms with Crippen LogP contribution in [0.5, 0.6) is 0 Å². The van der Waals surface area contributed by atoms with Crippen molar-refractivity contribution in [2.75, 3.05) is 11.1 Å². The molecule has 0 aliphatic rings. The van der Waals surface area contributed by atoms with Crippen molar-refractivity contribution < 1.29 is 4.39 Å². The van der Waals surface area contributed by atoms with Crippen molar-refractivity contribution in [2.45, 2.75) is 32.7 Å². The maximum atomic E-state index is 12.7. The summed E-state index contributed by atoms with van der Waals surface area (Å²) < 4.78 is 12.7. The lowest BCUT2D eigenvalue weighted by Gasteiger charge is -2.17. The van der Waals surface area contributed by atoms with Gasteiger partial charge in [0.15, 0.2) is 0 Å². The van der Waals surface area contributed by atoms with E-state index in [4.69, 9.17) is 5.73 Å². The van der Waals surface area contributed by atoms with E-state index in [9.17, 15) is 4.39 Å². The van der Waals surface area contributed by atoms with Crippen LogP contribution in [0.15, 0.2) is 18.2 Å². The predicted octanol–water partition coefficient (Wildman–Crippen LogP) is 3.01. The number of nitrogens with two attached hydrogens (primary N) is 1. The molecule has 0 saturated heterocycles. The van der Waals surface area contributed by atoms with Crippen LogP contribution >= 0.6 is 0 Å². The quantitative estimate of drug-likeness (QED) is 0.726. The number of nitrogen functional groups attached to an aromatic ring is 1. The Labute approximate surface area is 84.3 Å². The molecule has 0 fully saturated rings. The third-order valence-corrected chi connectivity index (χ3v) is 2.36. The van der Waals surface area contributed by atoms with Gasteiger partial charge in [0.05, 0.1) is 11.4 Å². The lowest BCUT2D eigenvalue weighted by Crippen LogP contribution is -2.17. The van der Waals surface area contributed by atoms with Crippen LogP contribution < -0.4 is 11.1 Å². The van der Waals surface area contributed by atoms with Gasteiger partial charge in [-0.15, -0.1) is 0 Å². The van der Waals surface area contributed by atoms with E-state index in [1.54, 1.807) is 6.07 Å². The van der Waals surface area contributed by atoms with Crippen LogP contribution in [0.4, 0.5) is 15.8 Å². The number of hydrogen-bond donors (Lipinski definition) is 2. The highest BCUT2D eigenvalue weighted by Gasteiger charge is 2.05. The van der Waals surface area contributed by atoms with Crippen molar-refractivity contribution >= 4 is 11.4 Å². The lowest BCUT2D eigenvalue weighted by atomic mass is 10.1. The zero-order valence-corrected chi connectivity index (χ0v) is 8.68. The standard InChI is InChI=1S/C11H17FN2/c1-3-9(4-2)14-11-6-5-8(12)7-10(11)13/h5-7,9,14H,3-4,13H2,1-2H3. The molecular weight excluding hydrogens is 179 g/mol. The van der Waals surface area contributed by atoms with Crippen LogP contribution in [-0.2, 0) is 0 Å². The molecule has 78 valence electrons. The summed E-state index contributed by atoms with van der Waals surface area (Å²) in [5.41, 5.74) is 6.97. The fourth-order valence-electron chi connectivity index (χ4n) is 1.38. The predicted molar refractivity (Wildman–Crippen MR) is 58.8 cm³/mol. The number of hydrogen-bond acceptors (Lipinski definition) is 2. The highest BCUT2D eigenvalue weighted by atomic mass is 19.1. The summed E-state index contributed by atoms with van der Waals surface area (Å²) in [4.78, 5) is 0. The van der Waals surface area contributed by atoms with E-state index in [1.807, 2.05) is 0 Å². The second-order valence-electron chi connectivity index (χ2n) is 3.39. The zero-order valence-electron chi connectivity index (χ0n) is 8.68. The van der Waals surface area contributed by atoms with Gasteiger partial charge in [0.2, 0.25) is 0 Å². The lowest BCUT2D eigenvalue weighted by molar-refractivity contribution is 0.628. The molecule has 1 aromatic carbocycles. The van der Waals surface area contributed by atoms with E-state index < -0.39 is 0 Å². The van der Waals surface area contributed by atoms with Crippen LogP contribution in [0, 0.1) is 5.82 Å². The molecule has 0 radical (unpaired) electrons. The largest absolute Gasteiger partial charge is 0.397 e. The molecule has 0 amide bonds. The first-order valence-corrected chi connectivity index (χ1v) is 4.99. The van der Waals surface area contributed by atoms with Crippen molar-refractivity contribution in [3.8, 4) is 0 Å². The van der Waals surface area contributed by atoms with Crippen molar-refractivity contribution in [1.82, 2.24) is 0 Å². The zero-order chi connectivity index (χ0) is 10.6. The second kappa shape index (κ2) is 4.84. The molecule has 2 nitrogen and oxygen atoms in total. The van der Waals surface area contributed by atoms with Gasteiger partial charge >= 0.3 is 0 Å². The minimum Gasteiger partial charge on any atom is -0.397 e. The Hall–Kier alpha value is -1.25. The molecule has 14 heavy (non-hydrogen) atoms. The molecule has 0 spiro atoms. The minimum atomic E-state index is -0.294. The Morgan fingerprint density at radius 1 is 1.36 bits per heavy atom. The number of nitrogens with one attached hydrogen (secondary N) is 1. The molecular formula is C11H17FN2. The summed E-state index contributed by atoms with van der Waals surface area (Å²) >= 11 is 0. The maximum absolute atomic E-state index is 12.7. The van der Waals surface area contributed by atoms with E-state index >= 15 is 0 Å². The first kappa shape index (κ1) is 10.8. The summed E-state index contributed by atoms with van der Waals surface area (Å²) in [6, 6.07) is 4.84. The molecule has 0 heterocycles. The summed E-state index contributed by atoms with van der Waals surface area (Å²) in [5, 5.41) is 3.28. The fraction of sp³-hybridized carbons (Fsp3) is 0.455. The van der Waals surface area contributed by atoms with Gasteiger partial charge in [-0.25, -0.2) is 4.39 Å². The summed E-state index contributed by atoms with van der Waals surface area (Å²) in [6.45, 7) is 4.22. The van der Waals surface area contributed by atoms with Crippen LogP contribution in [0.25, 0.3) is 0 Å². The van der Waals surface area contributed by atoms with Gasteiger partial charge < -0.3 is 11.1 Å². The SMILES string of the molecule is CCC(CC)Nc1ccc(F)cc1N. The minimum absolute atomic E-state index is 0.294. The smallest absolute Gasteiger partial charge is 0.125 e. The number of anilines is 2. The maximum Gasteiger partial charge on any atom is 0.125 e. The third-order valence-electron chi connectivity index (χ3n) is 2.36. The first-order valence-electron chi connectivity index (χ1n) is 4.99. The first-order chi connectivity index (χ1) is 6.67. The molecule has 0 bridgehead atoms. The Morgan fingerprint density at radius 3 is 2.50 bits per heavy atom. The summed E-state index contributed by atoms with van der Waals surface area (Å²) in [6.07, 6.45) is 2.07. The van der Waals surface area contributed by atoms with Crippen molar-refractivity contribution in [2.24, 2.45) is 0 Å². The Bertz CT molecular complexity index is 295. The van der Waals surface area contributed by atoms with Crippen molar-refractivity contribution in [3.05, 3.63) is 24.0 Å². The van der Waals surface area contributed by atoms with Gasteiger partial charge in [-0.3, -0.25) is 0 Å². The summed E-state index contributed by atoms with van der Waals surface area (Å²) in [7, 11) is 0. The van der Waals surface area contributed by atoms with Crippen LogP contribution in [0.3, 0.4) is 0 Å². The molecule has 1 rings (SSSR count). The highest BCUT2D eigenvalue weighted by Crippen LogP contribution is 2.21. The van der Waals surface area contributed by atoms with Gasteiger partial charge in [0.1, 0.15) is 5.82 Å². The van der Waals surface area contributed by atoms with E-state index in [2.05, 4.69) is 19.2 Å². The molecule has 0 atom stereocenters. The highest BCUT2D eigenvalue weighted by molar-refractivity contribution is 5.66. The number of benzene rings is 1. The van der Waals surface area contributed by atoms with Crippen LogP contribution in [0.1, 0.15) is 26.7 Å². The number of rotatable bonds is 4. The average Bonchev–Trinajstić information content (AvgIpc) is 2.17. The average molecular weight is 196 g/mol. The summed E-state index contributed by atoms with van der Waals surface area (Å²) in [5.74, 6) is -0.294. The molecule has 0 aromatic heterocycles. The Balaban J connectivity index is 2.76. The van der Waals surface area contributed by atoms with E-state index in [-0.39, 0.29) is 5.82 Å². The normalized spacial score (nSPS) is 10.6. The van der Waals surface area contributed by atoms with Gasteiger partial charge in [-0.05, 0) is 31.0 Å². The Morgan fingerprint density at radius 2 is 2.00 bits per heavy atom. The second-order valence-corrected chi connectivity index (χ2v) is 3.39. The number of halogens is 1. The van der Waals surface area contributed by atoms with Crippen LogP contribution in [0.2, 0.25) is 0 Å². The van der Waals surface area contributed by atoms with E-state index in [0.717, 1.165) is 18.5 Å². The molecule has 3 N–H and O–H groups in total. The molecule has 0 aliphatic carbocycles. The van der Waals surface area contributed by atoms with E-state index in [1.165, 1.54) is 12.1 Å². The fourth-order valence-corrected chi connectivity index (χ4v) is 1.38. The molecule has 1 aromatic rings. The topological polar surface area (TPSA) is 38.0 Å². The van der Waals surface area contributed by atoms with Gasteiger partial charge in [-0.1, -0.05) is 13.8 Å². The van der Waals surface area contributed by atoms with Gasteiger partial charge in [0.25, 0.3) is 0 Å².